The minimum atomic E-state index is -0.0721. The first-order chi connectivity index (χ1) is 8.13. The summed E-state index contributed by atoms with van der Waals surface area (Å²) in [7, 11) is 0. The lowest BCUT2D eigenvalue weighted by atomic mass is 9.81. The van der Waals surface area contributed by atoms with Crippen LogP contribution >= 0.6 is 0 Å². The summed E-state index contributed by atoms with van der Waals surface area (Å²) in [5.41, 5.74) is 0. The third kappa shape index (κ3) is 2.85. The molecule has 1 heterocycles. The predicted octanol–water partition coefficient (Wildman–Crippen LogP) is 3.05. The Hall–Kier alpha value is -0.0800. The second-order valence-corrected chi connectivity index (χ2v) is 6.41. The SMILES string of the molecule is CCC1CCC(O)C(N2CCCC2C(C)C)C1. The van der Waals surface area contributed by atoms with E-state index in [1.54, 1.807) is 0 Å². The highest BCUT2D eigenvalue weighted by atomic mass is 16.3. The van der Waals surface area contributed by atoms with Crippen LogP contribution in [0.3, 0.4) is 0 Å². The van der Waals surface area contributed by atoms with E-state index in [0.717, 1.165) is 18.3 Å². The summed E-state index contributed by atoms with van der Waals surface area (Å²) in [6.45, 7) is 8.16. The average Bonchev–Trinajstić information content (AvgIpc) is 2.78. The van der Waals surface area contributed by atoms with Crippen molar-refractivity contribution in [1.82, 2.24) is 4.90 Å². The van der Waals surface area contributed by atoms with Crippen molar-refractivity contribution >= 4 is 0 Å². The fraction of sp³-hybridized carbons (Fsp3) is 1.00. The van der Waals surface area contributed by atoms with Crippen molar-refractivity contribution in [2.75, 3.05) is 6.54 Å². The van der Waals surface area contributed by atoms with Gasteiger partial charge < -0.3 is 5.11 Å². The molecular formula is C15H29NO. The van der Waals surface area contributed by atoms with Crippen molar-refractivity contribution in [2.45, 2.75) is 77.5 Å². The molecule has 2 rings (SSSR count). The number of aliphatic hydroxyl groups excluding tert-OH is 1. The van der Waals surface area contributed by atoms with Gasteiger partial charge in [0.15, 0.2) is 0 Å². The van der Waals surface area contributed by atoms with Crippen LogP contribution in [0.4, 0.5) is 0 Å². The van der Waals surface area contributed by atoms with Gasteiger partial charge in [0.2, 0.25) is 0 Å². The molecular weight excluding hydrogens is 210 g/mol. The van der Waals surface area contributed by atoms with Gasteiger partial charge in [0.1, 0.15) is 0 Å². The number of rotatable bonds is 3. The van der Waals surface area contributed by atoms with Crippen LogP contribution in [0.15, 0.2) is 0 Å². The molecule has 0 aromatic heterocycles. The molecule has 1 N–H and O–H groups in total. The largest absolute Gasteiger partial charge is 0.391 e. The van der Waals surface area contributed by atoms with Gasteiger partial charge in [-0.25, -0.2) is 0 Å². The molecule has 0 aromatic carbocycles. The molecule has 0 radical (unpaired) electrons. The average molecular weight is 239 g/mol. The summed E-state index contributed by atoms with van der Waals surface area (Å²) in [5.74, 6) is 1.57. The van der Waals surface area contributed by atoms with E-state index in [4.69, 9.17) is 0 Å². The first-order valence-corrected chi connectivity index (χ1v) is 7.57. The molecule has 1 aliphatic heterocycles. The van der Waals surface area contributed by atoms with Crippen LogP contribution in [-0.2, 0) is 0 Å². The van der Waals surface area contributed by atoms with Crippen LogP contribution < -0.4 is 0 Å². The standard InChI is InChI=1S/C15H29NO/c1-4-12-7-8-15(17)14(10-12)16-9-5-6-13(16)11(2)3/h11-15,17H,4-10H2,1-3H3. The summed E-state index contributed by atoms with van der Waals surface area (Å²) in [4.78, 5) is 2.64. The molecule has 2 aliphatic rings. The lowest BCUT2D eigenvalue weighted by molar-refractivity contribution is -0.0106. The zero-order chi connectivity index (χ0) is 12.4. The number of hydrogen-bond acceptors (Lipinski definition) is 2. The van der Waals surface area contributed by atoms with Crippen molar-refractivity contribution in [3.63, 3.8) is 0 Å². The predicted molar refractivity (Wildman–Crippen MR) is 72.0 cm³/mol. The van der Waals surface area contributed by atoms with E-state index < -0.39 is 0 Å². The fourth-order valence-electron chi connectivity index (χ4n) is 3.89. The Morgan fingerprint density at radius 1 is 1.24 bits per heavy atom. The fourth-order valence-corrected chi connectivity index (χ4v) is 3.89. The molecule has 1 aliphatic carbocycles. The molecule has 0 bridgehead atoms. The Kier molecular flexibility index (Phi) is 4.48. The molecule has 2 fully saturated rings. The van der Waals surface area contributed by atoms with E-state index >= 15 is 0 Å². The Morgan fingerprint density at radius 3 is 2.65 bits per heavy atom. The molecule has 0 aromatic rings. The van der Waals surface area contributed by atoms with Gasteiger partial charge in [0.05, 0.1) is 6.10 Å². The zero-order valence-corrected chi connectivity index (χ0v) is 11.7. The third-order valence-electron chi connectivity index (χ3n) is 5.00. The molecule has 100 valence electrons. The molecule has 0 spiro atoms. The Labute approximate surface area is 106 Å². The monoisotopic (exact) mass is 239 g/mol. The lowest BCUT2D eigenvalue weighted by Gasteiger charge is -2.42. The van der Waals surface area contributed by atoms with Gasteiger partial charge in [0.25, 0.3) is 0 Å². The number of aliphatic hydroxyl groups is 1. The van der Waals surface area contributed by atoms with Crippen LogP contribution in [0.5, 0.6) is 0 Å². The molecule has 4 unspecified atom stereocenters. The maximum absolute atomic E-state index is 10.3. The smallest absolute Gasteiger partial charge is 0.0695 e. The second-order valence-electron chi connectivity index (χ2n) is 6.41. The maximum atomic E-state index is 10.3. The van der Waals surface area contributed by atoms with E-state index in [9.17, 15) is 5.11 Å². The summed E-state index contributed by atoms with van der Waals surface area (Å²) in [5, 5.41) is 10.3. The third-order valence-corrected chi connectivity index (χ3v) is 5.00. The Balaban J connectivity index is 2.03. The molecule has 1 saturated carbocycles. The first-order valence-electron chi connectivity index (χ1n) is 7.57. The second kappa shape index (κ2) is 5.71. The molecule has 0 amide bonds. The van der Waals surface area contributed by atoms with E-state index in [-0.39, 0.29) is 6.10 Å². The Bertz CT molecular complexity index is 241. The molecule has 1 saturated heterocycles. The highest BCUT2D eigenvalue weighted by molar-refractivity contribution is 4.93. The minimum absolute atomic E-state index is 0.0721. The van der Waals surface area contributed by atoms with Crippen LogP contribution in [-0.4, -0.2) is 34.7 Å². The zero-order valence-electron chi connectivity index (χ0n) is 11.7. The maximum Gasteiger partial charge on any atom is 0.0695 e. The summed E-state index contributed by atoms with van der Waals surface area (Å²) >= 11 is 0. The van der Waals surface area contributed by atoms with Gasteiger partial charge in [-0.1, -0.05) is 27.2 Å². The quantitative estimate of drug-likeness (QED) is 0.818. The van der Waals surface area contributed by atoms with E-state index in [0.29, 0.717) is 12.1 Å². The van der Waals surface area contributed by atoms with Gasteiger partial charge >= 0.3 is 0 Å². The highest BCUT2D eigenvalue weighted by Gasteiger charge is 2.38. The van der Waals surface area contributed by atoms with Gasteiger partial charge in [-0.2, -0.15) is 0 Å². The lowest BCUT2D eigenvalue weighted by Crippen LogP contribution is -2.50. The van der Waals surface area contributed by atoms with Gasteiger partial charge in [-0.3, -0.25) is 4.90 Å². The van der Waals surface area contributed by atoms with Crippen LogP contribution in [0.2, 0.25) is 0 Å². The van der Waals surface area contributed by atoms with Crippen molar-refractivity contribution in [3.8, 4) is 0 Å². The molecule has 2 heteroatoms. The minimum Gasteiger partial charge on any atom is -0.391 e. The van der Waals surface area contributed by atoms with E-state index in [2.05, 4.69) is 25.7 Å². The Morgan fingerprint density at radius 2 is 2.00 bits per heavy atom. The molecule has 4 atom stereocenters. The van der Waals surface area contributed by atoms with Crippen molar-refractivity contribution in [2.24, 2.45) is 11.8 Å². The summed E-state index contributed by atoms with van der Waals surface area (Å²) in [6, 6.07) is 1.16. The molecule has 17 heavy (non-hydrogen) atoms. The van der Waals surface area contributed by atoms with Gasteiger partial charge in [-0.15, -0.1) is 0 Å². The number of nitrogens with zero attached hydrogens (tertiary/aromatic N) is 1. The van der Waals surface area contributed by atoms with E-state index in [1.807, 2.05) is 0 Å². The normalized spacial score (nSPS) is 40.1. The van der Waals surface area contributed by atoms with Crippen LogP contribution in [0.1, 0.15) is 59.3 Å². The van der Waals surface area contributed by atoms with Crippen molar-refractivity contribution < 1.29 is 5.11 Å². The topological polar surface area (TPSA) is 23.5 Å². The van der Waals surface area contributed by atoms with Crippen molar-refractivity contribution in [1.29, 1.82) is 0 Å². The van der Waals surface area contributed by atoms with Gasteiger partial charge in [0, 0.05) is 12.1 Å². The number of likely N-dealkylation sites (tertiary alicyclic amines) is 1. The summed E-state index contributed by atoms with van der Waals surface area (Å²) < 4.78 is 0. The summed E-state index contributed by atoms with van der Waals surface area (Å²) in [6.07, 6.45) is 7.33. The number of hydrogen-bond donors (Lipinski definition) is 1. The van der Waals surface area contributed by atoms with Crippen LogP contribution in [0.25, 0.3) is 0 Å². The molecule has 2 nitrogen and oxygen atoms in total. The van der Waals surface area contributed by atoms with Crippen LogP contribution in [0, 0.1) is 11.8 Å². The van der Waals surface area contributed by atoms with E-state index in [1.165, 1.54) is 38.6 Å². The highest BCUT2D eigenvalue weighted by Crippen LogP contribution is 2.35. The first kappa shape index (κ1) is 13.4. The van der Waals surface area contributed by atoms with Gasteiger partial charge in [-0.05, 0) is 50.5 Å². The van der Waals surface area contributed by atoms with Crippen molar-refractivity contribution in [3.05, 3.63) is 0 Å².